The van der Waals surface area contributed by atoms with E-state index < -0.39 is 5.41 Å². The molecular weight excluding hydrogens is 352 g/mol. The van der Waals surface area contributed by atoms with Gasteiger partial charge in [0.15, 0.2) is 0 Å². The first kappa shape index (κ1) is 19.8. The summed E-state index contributed by atoms with van der Waals surface area (Å²) in [4.78, 5) is 13.3. The Morgan fingerprint density at radius 2 is 1.89 bits per heavy atom. The third kappa shape index (κ3) is 3.96. The van der Waals surface area contributed by atoms with Crippen molar-refractivity contribution in [2.45, 2.75) is 44.4 Å². The van der Waals surface area contributed by atoms with Crippen LogP contribution in [0, 0.1) is 11.3 Å². The summed E-state index contributed by atoms with van der Waals surface area (Å²) < 4.78 is 10.8. The van der Waals surface area contributed by atoms with Gasteiger partial charge in [0.1, 0.15) is 17.6 Å². The van der Waals surface area contributed by atoms with Gasteiger partial charge in [-0.05, 0) is 55.2 Å². The number of nitrogens with zero attached hydrogens (tertiary/aromatic N) is 1. The Kier molecular flexibility index (Phi) is 6.20. The number of anilines is 1. The molecule has 5 heteroatoms. The van der Waals surface area contributed by atoms with Crippen molar-refractivity contribution in [2.75, 3.05) is 19.0 Å². The minimum absolute atomic E-state index is 0.0266. The number of hydrogen-bond acceptors (Lipinski definition) is 4. The maximum Gasteiger partial charge on any atom is 0.235 e. The monoisotopic (exact) mass is 378 g/mol. The standard InChI is InChI=1S/C23H26N2O3/c1-3-14-28-21-11-8-19(15-17(21)16-24)25-22(26)23(12-4-5-13-23)18-6-9-20(27-2)10-7-18/h6-11,15H,3-5,12-14H2,1-2H3,(H,25,26). The Balaban J connectivity index is 1.84. The number of carbonyl (C=O) groups excluding carboxylic acids is 1. The molecule has 0 radical (unpaired) electrons. The Morgan fingerprint density at radius 1 is 1.18 bits per heavy atom. The number of ether oxygens (including phenoxy) is 2. The molecule has 2 aromatic rings. The van der Waals surface area contributed by atoms with Gasteiger partial charge in [0.05, 0.1) is 24.7 Å². The number of nitriles is 1. The van der Waals surface area contributed by atoms with Crippen molar-refractivity contribution in [3.8, 4) is 17.6 Å². The van der Waals surface area contributed by atoms with Gasteiger partial charge in [-0.1, -0.05) is 31.9 Å². The van der Waals surface area contributed by atoms with Gasteiger partial charge in [-0.3, -0.25) is 4.79 Å². The van der Waals surface area contributed by atoms with Crippen LogP contribution in [-0.4, -0.2) is 19.6 Å². The molecule has 1 aliphatic rings. The lowest BCUT2D eigenvalue weighted by molar-refractivity contribution is -0.121. The Labute approximate surface area is 166 Å². The number of carbonyl (C=O) groups is 1. The first-order valence-corrected chi connectivity index (χ1v) is 9.76. The predicted octanol–water partition coefficient (Wildman–Crippen LogP) is 4.81. The first-order valence-electron chi connectivity index (χ1n) is 9.76. The molecule has 0 bridgehead atoms. The van der Waals surface area contributed by atoms with Crippen LogP contribution in [0.4, 0.5) is 5.69 Å². The van der Waals surface area contributed by atoms with E-state index in [4.69, 9.17) is 9.47 Å². The van der Waals surface area contributed by atoms with Crippen LogP contribution in [0.25, 0.3) is 0 Å². The van der Waals surface area contributed by atoms with E-state index in [-0.39, 0.29) is 5.91 Å². The van der Waals surface area contributed by atoms with Crippen LogP contribution < -0.4 is 14.8 Å². The third-order valence-corrected chi connectivity index (χ3v) is 5.35. The van der Waals surface area contributed by atoms with Crippen LogP contribution >= 0.6 is 0 Å². The molecule has 28 heavy (non-hydrogen) atoms. The molecule has 3 rings (SSSR count). The third-order valence-electron chi connectivity index (χ3n) is 5.35. The summed E-state index contributed by atoms with van der Waals surface area (Å²) in [5.41, 5.74) is 1.50. The fraction of sp³-hybridized carbons (Fsp3) is 0.391. The highest BCUT2D eigenvalue weighted by Gasteiger charge is 2.42. The highest BCUT2D eigenvalue weighted by molar-refractivity contribution is 5.99. The molecule has 0 saturated heterocycles. The minimum atomic E-state index is -0.545. The zero-order valence-electron chi connectivity index (χ0n) is 16.5. The molecule has 0 atom stereocenters. The molecule has 1 aliphatic carbocycles. The fourth-order valence-corrected chi connectivity index (χ4v) is 3.82. The van der Waals surface area contributed by atoms with Crippen molar-refractivity contribution in [1.29, 1.82) is 5.26 Å². The highest BCUT2D eigenvalue weighted by atomic mass is 16.5. The number of methoxy groups -OCH3 is 1. The average Bonchev–Trinajstić information content (AvgIpc) is 3.24. The van der Waals surface area contributed by atoms with E-state index in [2.05, 4.69) is 11.4 Å². The summed E-state index contributed by atoms with van der Waals surface area (Å²) in [6.45, 7) is 2.57. The van der Waals surface area contributed by atoms with Gasteiger partial charge >= 0.3 is 0 Å². The lowest BCUT2D eigenvalue weighted by atomic mass is 9.78. The molecule has 1 saturated carbocycles. The molecule has 2 aromatic carbocycles. The molecule has 5 nitrogen and oxygen atoms in total. The normalized spacial score (nSPS) is 14.9. The smallest absolute Gasteiger partial charge is 0.235 e. The summed E-state index contributed by atoms with van der Waals surface area (Å²) >= 11 is 0. The van der Waals surface area contributed by atoms with Crippen LogP contribution in [0.3, 0.4) is 0 Å². The molecule has 0 spiro atoms. The molecule has 0 unspecified atom stereocenters. The number of benzene rings is 2. The lowest BCUT2D eigenvalue weighted by Crippen LogP contribution is -2.38. The molecule has 1 N–H and O–H groups in total. The summed E-state index contributed by atoms with van der Waals surface area (Å²) in [6, 6.07) is 15.1. The lowest BCUT2D eigenvalue weighted by Gasteiger charge is -2.28. The summed E-state index contributed by atoms with van der Waals surface area (Å²) in [5, 5.41) is 12.4. The van der Waals surface area contributed by atoms with Crippen LogP contribution in [0.5, 0.6) is 11.5 Å². The summed E-state index contributed by atoms with van der Waals surface area (Å²) in [5.74, 6) is 1.30. The molecule has 146 valence electrons. The van der Waals surface area contributed by atoms with E-state index in [0.717, 1.165) is 43.4 Å². The second-order valence-electron chi connectivity index (χ2n) is 7.14. The number of hydrogen-bond donors (Lipinski definition) is 1. The van der Waals surface area contributed by atoms with Gasteiger partial charge in [0, 0.05) is 5.69 Å². The molecular formula is C23H26N2O3. The molecule has 1 fully saturated rings. The summed E-state index contributed by atoms with van der Waals surface area (Å²) in [7, 11) is 1.63. The van der Waals surface area contributed by atoms with Gasteiger partial charge in [0.2, 0.25) is 5.91 Å². The zero-order valence-corrected chi connectivity index (χ0v) is 16.5. The molecule has 0 aromatic heterocycles. The highest BCUT2D eigenvalue weighted by Crippen LogP contribution is 2.42. The van der Waals surface area contributed by atoms with Crippen molar-refractivity contribution < 1.29 is 14.3 Å². The second kappa shape index (κ2) is 8.79. The molecule has 0 aliphatic heterocycles. The van der Waals surface area contributed by atoms with Crippen molar-refractivity contribution in [1.82, 2.24) is 0 Å². The van der Waals surface area contributed by atoms with E-state index in [1.54, 1.807) is 25.3 Å². The van der Waals surface area contributed by atoms with E-state index in [1.807, 2.05) is 31.2 Å². The Bertz CT molecular complexity index is 862. The average molecular weight is 378 g/mol. The summed E-state index contributed by atoms with van der Waals surface area (Å²) in [6.07, 6.45) is 4.54. The van der Waals surface area contributed by atoms with Crippen molar-refractivity contribution >= 4 is 11.6 Å². The van der Waals surface area contributed by atoms with Crippen molar-refractivity contribution in [2.24, 2.45) is 0 Å². The second-order valence-corrected chi connectivity index (χ2v) is 7.14. The van der Waals surface area contributed by atoms with Crippen molar-refractivity contribution in [3.05, 3.63) is 53.6 Å². The minimum Gasteiger partial charge on any atom is -0.497 e. The van der Waals surface area contributed by atoms with Gasteiger partial charge in [0.25, 0.3) is 0 Å². The van der Waals surface area contributed by atoms with Crippen LogP contribution in [0.2, 0.25) is 0 Å². The maximum atomic E-state index is 13.3. The van der Waals surface area contributed by atoms with Crippen molar-refractivity contribution in [3.63, 3.8) is 0 Å². The maximum absolute atomic E-state index is 13.3. The van der Waals surface area contributed by atoms with E-state index >= 15 is 0 Å². The van der Waals surface area contributed by atoms with E-state index in [9.17, 15) is 10.1 Å². The Hall–Kier alpha value is -3.00. The number of amides is 1. The van der Waals surface area contributed by atoms with Gasteiger partial charge in [-0.15, -0.1) is 0 Å². The largest absolute Gasteiger partial charge is 0.497 e. The van der Waals surface area contributed by atoms with E-state index in [1.165, 1.54) is 0 Å². The predicted molar refractivity (Wildman–Crippen MR) is 109 cm³/mol. The topological polar surface area (TPSA) is 71.3 Å². The van der Waals surface area contributed by atoms with Gasteiger partial charge < -0.3 is 14.8 Å². The van der Waals surface area contributed by atoms with E-state index in [0.29, 0.717) is 23.6 Å². The Morgan fingerprint density at radius 3 is 2.50 bits per heavy atom. The van der Waals surface area contributed by atoms with Crippen LogP contribution in [-0.2, 0) is 10.2 Å². The quantitative estimate of drug-likeness (QED) is 0.751. The SMILES string of the molecule is CCCOc1ccc(NC(=O)C2(c3ccc(OC)cc3)CCCC2)cc1C#N. The van der Waals surface area contributed by atoms with Crippen LogP contribution in [0.15, 0.2) is 42.5 Å². The van der Waals surface area contributed by atoms with Gasteiger partial charge in [-0.25, -0.2) is 0 Å². The zero-order chi connectivity index (χ0) is 20.0. The molecule has 1 amide bonds. The number of rotatable bonds is 7. The molecule has 0 heterocycles. The number of nitrogens with one attached hydrogen (secondary N) is 1. The fourth-order valence-electron chi connectivity index (χ4n) is 3.82. The van der Waals surface area contributed by atoms with Crippen LogP contribution in [0.1, 0.15) is 50.2 Å². The first-order chi connectivity index (χ1) is 13.6. The van der Waals surface area contributed by atoms with Gasteiger partial charge in [-0.2, -0.15) is 5.26 Å².